The first-order valence-electron chi connectivity index (χ1n) is 29.5. The normalized spacial score (nSPS) is 14.1. The molecule has 0 aliphatic carbocycles. The van der Waals surface area contributed by atoms with E-state index < -0.39 is 20.0 Å². The van der Waals surface area contributed by atoms with Crippen molar-refractivity contribution in [2.24, 2.45) is 0 Å². The van der Waals surface area contributed by atoms with Crippen molar-refractivity contribution >= 4 is 19.7 Å². The van der Waals surface area contributed by atoms with Gasteiger partial charge in [0.25, 0.3) is 0 Å². The van der Waals surface area contributed by atoms with Gasteiger partial charge in [0.1, 0.15) is 19.3 Å². The molecule has 0 heterocycles. The highest BCUT2D eigenvalue weighted by Crippen LogP contribution is 2.43. The van der Waals surface area contributed by atoms with Crippen LogP contribution in [0.15, 0.2) is 48.6 Å². The van der Waals surface area contributed by atoms with E-state index in [1.807, 2.05) is 33.3 Å². The molecule has 0 saturated heterocycles. The third kappa shape index (κ3) is 50.9. The molecule has 0 rings (SSSR count). The Bertz CT molecular complexity index is 1340. The number of nitrogens with zero attached hydrogens (tertiary/aromatic N) is 1. The molecule has 2 N–H and O–H groups in total. The lowest BCUT2D eigenvalue weighted by atomic mass is 10.0. The summed E-state index contributed by atoms with van der Waals surface area (Å²) in [5.74, 6) is -0.514. The standard InChI is InChI=1S/C60H113N2O7P/c1-7-10-13-16-19-22-25-28-30-31-33-34-37-40-43-46-49-52-59(63)61-57(56-68-70(65,66)67-55-54-62(4,5)6)58(51-48-45-42-39-36-27-24-21-18-15-12-9-3)69-60(64)53-50-47-44-41-38-35-32-29-26-23-20-17-14-11-8-2/h19,22-23,26,28,30,48,51,57-58H,7-18,20-21,24-25,27,29,31-47,49-50,52-56H2,1-6H3,(H-,61,63,65,66)/p+1/b22-19-,26-23-,30-28-,51-48+. The van der Waals surface area contributed by atoms with Gasteiger partial charge in [0, 0.05) is 12.8 Å². The molecule has 70 heavy (non-hydrogen) atoms. The number of amides is 1. The fourth-order valence-electron chi connectivity index (χ4n) is 8.38. The topological polar surface area (TPSA) is 111 Å². The van der Waals surface area contributed by atoms with Crippen LogP contribution < -0.4 is 5.32 Å². The maximum Gasteiger partial charge on any atom is 0.472 e. The number of esters is 1. The van der Waals surface area contributed by atoms with Crippen LogP contribution in [-0.2, 0) is 27.9 Å². The van der Waals surface area contributed by atoms with E-state index in [4.69, 9.17) is 13.8 Å². The molecular weight excluding hydrogens is 892 g/mol. The first-order chi connectivity index (χ1) is 33.9. The molecule has 0 aromatic rings. The number of allylic oxidation sites excluding steroid dienone is 7. The Morgan fingerprint density at radius 3 is 1.34 bits per heavy atom. The van der Waals surface area contributed by atoms with Gasteiger partial charge in [-0.2, -0.15) is 0 Å². The number of phosphoric acid groups is 1. The number of carbonyl (C=O) groups is 2. The van der Waals surface area contributed by atoms with Crippen molar-refractivity contribution in [3.63, 3.8) is 0 Å². The third-order valence-electron chi connectivity index (χ3n) is 13.0. The lowest BCUT2D eigenvalue weighted by molar-refractivity contribution is -0.870. The summed E-state index contributed by atoms with van der Waals surface area (Å²) in [5, 5.41) is 3.05. The molecule has 0 fully saturated rings. The second-order valence-corrected chi connectivity index (χ2v) is 22.6. The quantitative estimate of drug-likeness (QED) is 0.0205. The molecule has 9 nitrogen and oxygen atoms in total. The molecular formula is C60H114N2O7P+. The Balaban J connectivity index is 5.33. The minimum atomic E-state index is -4.45. The summed E-state index contributed by atoms with van der Waals surface area (Å²) >= 11 is 0. The van der Waals surface area contributed by atoms with Crippen LogP contribution >= 0.6 is 7.82 Å². The average molecular weight is 1010 g/mol. The first-order valence-corrected chi connectivity index (χ1v) is 31.0. The lowest BCUT2D eigenvalue weighted by Crippen LogP contribution is -2.47. The van der Waals surface area contributed by atoms with Gasteiger partial charge in [-0.15, -0.1) is 0 Å². The van der Waals surface area contributed by atoms with E-state index in [0.717, 1.165) is 83.5 Å². The smallest absolute Gasteiger partial charge is 0.456 e. The van der Waals surface area contributed by atoms with Gasteiger partial charge in [-0.05, 0) is 89.5 Å². The number of ether oxygens (including phenoxy) is 1. The summed E-state index contributed by atoms with van der Waals surface area (Å²) in [5.41, 5.74) is 0. The second-order valence-electron chi connectivity index (χ2n) is 21.2. The largest absolute Gasteiger partial charge is 0.472 e. The Hall–Kier alpha value is -2.03. The zero-order chi connectivity index (χ0) is 51.5. The van der Waals surface area contributed by atoms with Crippen molar-refractivity contribution < 1.29 is 37.3 Å². The second kappa shape index (κ2) is 50.5. The van der Waals surface area contributed by atoms with Crippen LogP contribution in [-0.4, -0.2) is 74.3 Å². The minimum absolute atomic E-state index is 0.0379. The molecule has 3 unspecified atom stereocenters. The number of likely N-dealkylation sites (N-methyl/N-ethyl adjacent to an activating group) is 1. The number of carbonyl (C=O) groups excluding carboxylic acids is 2. The molecule has 1 amide bonds. The summed E-state index contributed by atoms with van der Waals surface area (Å²) in [4.78, 5) is 37.6. The van der Waals surface area contributed by atoms with E-state index in [-0.39, 0.29) is 31.5 Å². The van der Waals surface area contributed by atoms with Crippen LogP contribution in [0.25, 0.3) is 0 Å². The Labute approximate surface area is 433 Å². The minimum Gasteiger partial charge on any atom is -0.456 e. The van der Waals surface area contributed by atoms with Crippen LogP contribution in [0.4, 0.5) is 0 Å². The zero-order valence-corrected chi connectivity index (χ0v) is 47.7. The number of phosphoric ester groups is 1. The summed E-state index contributed by atoms with van der Waals surface area (Å²) in [6, 6.07) is -0.852. The molecule has 410 valence electrons. The van der Waals surface area contributed by atoms with Gasteiger partial charge in [-0.1, -0.05) is 217 Å². The fourth-order valence-corrected chi connectivity index (χ4v) is 9.11. The Morgan fingerprint density at radius 2 is 0.871 bits per heavy atom. The van der Waals surface area contributed by atoms with Crippen LogP contribution in [0.5, 0.6) is 0 Å². The highest BCUT2D eigenvalue weighted by Gasteiger charge is 2.30. The van der Waals surface area contributed by atoms with Gasteiger partial charge in [-0.3, -0.25) is 18.6 Å². The predicted molar refractivity (Wildman–Crippen MR) is 300 cm³/mol. The monoisotopic (exact) mass is 1010 g/mol. The number of hydrogen-bond donors (Lipinski definition) is 2. The van der Waals surface area contributed by atoms with Gasteiger partial charge < -0.3 is 19.4 Å². The van der Waals surface area contributed by atoms with E-state index in [9.17, 15) is 19.0 Å². The summed E-state index contributed by atoms with van der Waals surface area (Å²) in [7, 11) is 1.49. The highest BCUT2D eigenvalue weighted by atomic mass is 31.2. The molecule has 0 aliphatic heterocycles. The van der Waals surface area contributed by atoms with Crippen LogP contribution in [0.2, 0.25) is 0 Å². The van der Waals surface area contributed by atoms with Crippen LogP contribution in [0, 0.1) is 0 Å². The predicted octanol–water partition coefficient (Wildman–Crippen LogP) is 17.7. The van der Waals surface area contributed by atoms with Gasteiger partial charge in [0.05, 0.1) is 33.8 Å². The number of quaternary nitrogens is 1. The van der Waals surface area contributed by atoms with Gasteiger partial charge >= 0.3 is 13.8 Å². The fraction of sp³-hybridized carbons (Fsp3) is 0.833. The number of hydrogen-bond acceptors (Lipinski definition) is 6. The summed E-state index contributed by atoms with van der Waals surface area (Å²) in [6.07, 6.45) is 60.9. The van der Waals surface area contributed by atoms with Gasteiger partial charge in [0.15, 0.2) is 0 Å². The lowest BCUT2D eigenvalue weighted by Gasteiger charge is -2.27. The maximum atomic E-state index is 13.5. The third-order valence-corrected chi connectivity index (χ3v) is 14.0. The molecule has 0 bridgehead atoms. The maximum absolute atomic E-state index is 13.5. The molecule has 0 radical (unpaired) electrons. The number of rotatable bonds is 53. The summed E-state index contributed by atoms with van der Waals surface area (Å²) in [6.45, 7) is 6.97. The molecule has 0 spiro atoms. The van der Waals surface area contributed by atoms with Crippen molar-refractivity contribution in [1.82, 2.24) is 5.32 Å². The van der Waals surface area contributed by atoms with E-state index >= 15 is 0 Å². The van der Waals surface area contributed by atoms with Crippen molar-refractivity contribution in [3.8, 4) is 0 Å². The molecule has 10 heteroatoms. The van der Waals surface area contributed by atoms with Crippen molar-refractivity contribution in [2.45, 2.75) is 283 Å². The van der Waals surface area contributed by atoms with Crippen LogP contribution in [0.3, 0.4) is 0 Å². The van der Waals surface area contributed by atoms with Gasteiger partial charge in [-0.25, -0.2) is 4.57 Å². The molecule has 0 aliphatic rings. The Morgan fingerprint density at radius 1 is 0.500 bits per heavy atom. The summed E-state index contributed by atoms with van der Waals surface area (Å²) < 4.78 is 30.6. The van der Waals surface area contributed by atoms with E-state index in [0.29, 0.717) is 17.4 Å². The van der Waals surface area contributed by atoms with Gasteiger partial charge in [0.2, 0.25) is 5.91 Å². The van der Waals surface area contributed by atoms with Crippen LogP contribution in [0.1, 0.15) is 271 Å². The first kappa shape index (κ1) is 68.0. The zero-order valence-electron chi connectivity index (χ0n) is 46.8. The van der Waals surface area contributed by atoms with Crippen molar-refractivity contribution in [3.05, 3.63) is 48.6 Å². The van der Waals surface area contributed by atoms with E-state index in [2.05, 4.69) is 62.5 Å². The molecule has 0 aromatic heterocycles. The average Bonchev–Trinajstić information content (AvgIpc) is 3.32. The molecule has 3 atom stereocenters. The SMILES string of the molecule is CCCCC/C=C\C/C=C\CCCCCCCCCC(=O)NC(COP(=O)(O)OCC[N+](C)(C)C)C(/C=C/CCCCCCCCCCCC)OC(=O)CCCCCCCCC/C=C\CCCCCC. The molecule has 0 aromatic carbocycles. The Kier molecular flexibility index (Phi) is 49.0. The molecule has 0 saturated carbocycles. The number of unbranched alkanes of at least 4 members (excludes halogenated alkanes) is 31. The number of nitrogens with one attached hydrogen (secondary N) is 1. The van der Waals surface area contributed by atoms with Crippen molar-refractivity contribution in [2.75, 3.05) is 40.9 Å². The highest BCUT2D eigenvalue weighted by molar-refractivity contribution is 7.47. The van der Waals surface area contributed by atoms with E-state index in [1.54, 1.807) is 0 Å². The van der Waals surface area contributed by atoms with Crippen molar-refractivity contribution in [1.29, 1.82) is 0 Å². The van der Waals surface area contributed by atoms with E-state index in [1.165, 1.54) is 154 Å².